The zero-order chi connectivity index (χ0) is 17.3. The van der Waals surface area contributed by atoms with Crippen LogP contribution >= 0.6 is 11.8 Å². The molecule has 2 N–H and O–H groups in total. The van der Waals surface area contributed by atoms with Crippen LogP contribution in [0, 0.1) is 12.7 Å². The monoisotopic (exact) mass is 346 g/mol. The molecule has 0 fully saturated rings. The lowest BCUT2D eigenvalue weighted by Gasteiger charge is -2.08. The van der Waals surface area contributed by atoms with Crippen molar-refractivity contribution < 1.29 is 9.18 Å². The molecular formula is C16H15FN4O2S. The fourth-order valence-corrected chi connectivity index (χ4v) is 3.04. The Labute approximate surface area is 141 Å². The number of aryl methyl sites for hydroxylation is 1. The average Bonchev–Trinajstić information content (AvgIpc) is 2.92. The van der Waals surface area contributed by atoms with Crippen molar-refractivity contribution >= 4 is 34.4 Å². The van der Waals surface area contributed by atoms with Crippen LogP contribution in [-0.4, -0.2) is 26.2 Å². The van der Waals surface area contributed by atoms with Gasteiger partial charge < -0.3 is 10.3 Å². The van der Waals surface area contributed by atoms with Crippen molar-refractivity contribution in [2.24, 2.45) is 7.05 Å². The number of benzene rings is 1. The Morgan fingerprint density at radius 3 is 2.92 bits per heavy atom. The fourth-order valence-electron chi connectivity index (χ4n) is 2.27. The number of thioether (sulfide) groups is 1. The second-order valence-electron chi connectivity index (χ2n) is 5.29. The summed E-state index contributed by atoms with van der Waals surface area (Å²) in [5.41, 5.74) is 1.77. The van der Waals surface area contributed by atoms with Gasteiger partial charge in [0.25, 0.3) is 5.56 Å². The maximum atomic E-state index is 13.5. The molecule has 6 nitrogen and oxygen atoms in total. The van der Waals surface area contributed by atoms with E-state index in [0.717, 1.165) is 17.5 Å². The summed E-state index contributed by atoms with van der Waals surface area (Å²) in [7, 11) is 1.60. The number of nitrogens with one attached hydrogen (secondary N) is 2. The minimum Gasteiger partial charge on any atom is -0.353 e. The Morgan fingerprint density at radius 1 is 1.42 bits per heavy atom. The lowest BCUT2D eigenvalue weighted by atomic mass is 10.3. The minimum absolute atomic E-state index is 0.0174. The molecule has 24 heavy (non-hydrogen) atoms. The second-order valence-corrected chi connectivity index (χ2v) is 6.23. The van der Waals surface area contributed by atoms with Gasteiger partial charge in [-0.25, -0.2) is 9.37 Å². The van der Waals surface area contributed by atoms with E-state index in [1.54, 1.807) is 25.2 Å². The Bertz CT molecular complexity index is 980. The quantitative estimate of drug-likeness (QED) is 0.562. The van der Waals surface area contributed by atoms with E-state index in [4.69, 9.17) is 0 Å². The summed E-state index contributed by atoms with van der Waals surface area (Å²) in [6.45, 7) is 1.84. The van der Waals surface area contributed by atoms with Crippen LogP contribution < -0.4 is 10.9 Å². The highest BCUT2D eigenvalue weighted by atomic mass is 32.2. The van der Waals surface area contributed by atoms with E-state index in [9.17, 15) is 14.0 Å². The van der Waals surface area contributed by atoms with Crippen molar-refractivity contribution in [3.63, 3.8) is 0 Å². The number of fused-ring (bicyclic) bond motifs is 1. The minimum atomic E-state index is -0.495. The number of anilines is 1. The molecule has 0 saturated heterocycles. The molecule has 3 rings (SSSR count). The molecule has 0 radical (unpaired) electrons. The number of amides is 1. The maximum absolute atomic E-state index is 13.5. The van der Waals surface area contributed by atoms with Gasteiger partial charge in [-0.1, -0.05) is 23.9 Å². The van der Waals surface area contributed by atoms with Crippen LogP contribution in [-0.2, 0) is 11.8 Å². The van der Waals surface area contributed by atoms with Gasteiger partial charge >= 0.3 is 0 Å². The van der Waals surface area contributed by atoms with E-state index >= 15 is 0 Å². The van der Waals surface area contributed by atoms with Crippen LogP contribution in [0.4, 0.5) is 10.1 Å². The van der Waals surface area contributed by atoms with Gasteiger partial charge in [-0.15, -0.1) is 0 Å². The second kappa shape index (κ2) is 6.48. The zero-order valence-corrected chi connectivity index (χ0v) is 13.9. The van der Waals surface area contributed by atoms with Gasteiger partial charge in [0, 0.05) is 12.7 Å². The summed E-state index contributed by atoms with van der Waals surface area (Å²) in [6, 6.07) is 7.73. The van der Waals surface area contributed by atoms with Crippen LogP contribution in [0.5, 0.6) is 0 Å². The van der Waals surface area contributed by atoms with Gasteiger partial charge in [0.15, 0.2) is 5.16 Å². The lowest BCUT2D eigenvalue weighted by molar-refractivity contribution is -0.113. The Hall–Kier alpha value is -2.61. The van der Waals surface area contributed by atoms with E-state index in [0.29, 0.717) is 16.2 Å². The number of aromatic nitrogens is 3. The molecule has 0 unspecified atom stereocenters. The van der Waals surface area contributed by atoms with Crippen molar-refractivity contribution in [1.29, 1.82) is 0 Å². The molecule has 0 bridgehead atoms. The molecule has 0 atom stereocenters. The molecule has 0 saturated carbocycles. The standard InChI is InChI=1S/C16H15FN4O2S/c1-9-7-12-14(18-9)15(23)21(2)16(20-12)24-8-13(22)19-11-6-4-3-5-10(11)17/h3-7,18H,8H2,1-2H3,(H,19,22). The number of carbonyl (C=O) groups excluding carboxylic acids is 1. The Kier molecular flexibility index (Phi) is 4.39. The first-order valence-corrected chi connectivity index (χ1v) is 8.18. The third-order valence-corrected chi connectivity index (χ3v) is 4.46. The molecule has 1 aromatic carbocycles. The predicted octanol–water partition coefficient (Wildman–Crippen LogP) is 2.44. The first-order valence-electron chi connectivity index (χ1n) is 7.19. The number of hydrogen-bond acceptors (Lipinski definition) is 4. The predicted molar refractivity (Wildman–Crippen MR) is 91.8 cm³/mol. The van der Waals surface area contributed by atoms with Gasteiger partial charge in [-0.2, -0.15) is 0 Å². The normalized spacial score (nSPS) is 11.0. The number of carbonyl (C=O) groups is 1. The molecule has 0 aliphatic rings. The third-order valence-electron chi connectivity index (χ3n) is 3.43. The van der Waals surface area contributed by atoms with Crippen LogP contribution in [0.1, 0.15) is 5.69 Å². The van der Waals surface area contributed by atoms with Gasteiger partial charge in [0.05, 0.1) is 17.0 Å². The van der Waals surface area contributed by atoms with Crippen molar-refractivity contribution in [3.05, 3.63) is 52.2 Å². The summed E-state index contributed by atoms with van der Waals surface area (Å²) < 4.78 is 14.9. The van der Waals surface area contributed by atoms with E-state index in [2.05, 4.69) is 15.3 Å². The molecule has 0 aliphatic carbocycles. The number of hydrogen-bond donors (Lipinski definition) is 2. The summed E-state index contributed by atoms with van der Waals surface area (Å²) >= 11 is 1.12. The first-order chi connectivity index (χ1) is 11.5. The highest BCUT2D eigenvalue weighted by molar-refractivity contribution is 7.99. The summed E-state index contributed by atoms with van der Waals surface area (Å²) in [6.07, 6.45) is 0. The summed E-state index contributed by atoms with van der Waals surface area (Å²) in [5.74, 6) is -0.848. The zero-order valence-electron chi connectivity index (χ0n) is 13.1. The third kappa shape index (κ3) is 3.18. The number of rotatable bonds is 4. The van der Waals surface area contributed by atoms with Crippen molar-refractivity contribution in [2.75, 3.05) is 11.1 Å². The molecule has 3 aromatic rings. The van der Waals surface area contributed by atoms with Crippen molar-refractivity contribution in [2.45, 2.75) is 12.1 Å². The highest BCUT2D eigenvalue weighted by Crippen LogP contribution is 2.18. The van der Waals surface area contributed by atoms with Crippen LogP contribution in [0.25, 0.3) is 11.0 Å². The smallest absolute Gasteiger partial charge is 0.278 e. The molecule has 0 aliphatic heterocycles. The van der Waals surface area contributed by atoms with E-state index in [1.807, 2.05) is 6.92 Å². The summed E-state index contributed by atoms with van der Waals surface area (Å²) in [4.78, 5) is 31.6. The fraction of sp³-hybridized carbons (Fsp3) is 0.188. The number of aromatic amines is 1. The van der Waals surface area contributed by atoms with Crippen molar-refractivity contribution in [1.82, 2.24) is 14.5 Å². The highest BCUT2D eigenvalue weighted by Gasteiger charge is 2.13. The molecule has 0 spiro atoms. The van der Waals surface area contributed by atoms with Crippen LogP contribution in [0.3, 0.4) is 0 Å². The van der Waals surface area contributed by atoms with E-state index in [-0.39, 0.29) is 22.9 Å². The number of H-pyrrole nitrogens is 1. The van der Waals surface area contributed by atoms with Gasteiger partial charge in [0.2, 0.25) is 5.91 Å². The van der Waals surface area contributed by atoms with E-state index < -0.39 is 5.82 Å². The molecular weight excluding hydrogens is 331 g/mol. The molecule has 2 heterocycles. The van der Waals surface area contributed by atoms with Crippen LogP contribution in [0.15, 0.2) is 40.3 Å². The van der Waals surface area contributed by atoms with Gasteiger partial charge in [0.1, 0.15) is 11.3 Å². The first kappa shape index (κ1) is 16.3. The average molecular weight is 346 g/mol. The van der Waals surface area contributed by atoms with Crippen LogP contribution in [0.2, 0.25) is 0 Å². The van der Waals surface area contributed by atoms with E-state index in [1.165, 1.54) is 16.7 Å². The Morgan fingerprint density at radius 2 is 2.17 bits per heavy atom. The van der Waals surface area contributed by atoms with Gasteiger partial charge in [-0.3, -0.25) is 14.2 Å². The van der Waals surface area contributed by atoms with Gasteiger partial charge in [-0.05, 0) is 25.1 Å². The summed E-state index contributed by atoms with van der Waals surface area (Å²) in [5, 5.41) is 2.93. The number of halogens is 1. The Balaban J connectivity index is 1.76. The lowest BCUT2D eigenvalue weighted by Crippen LogP contribution is -2.21. The topological polar surface area (TPSA) is 79.8 Å². The number of para-hydroxylation sites is 1. The molecule has 1 amide bonds. The molecule has 2 aromatic heterocycles. The van der Waals surface area contributed by atoms with Crippen molar-refractivity contribution in [3.8, 4) is 0 Å². The maximum Gasteiger partial charge on any atom is 0.278 e. The molecule has 8 heteroatoms. The number of nitrogens with zero attached hydrogens (tertiary/aromatic N) is 2. The largest absolute Gasteiger partial charge is 0.353 e. The molecule has 124 valence electrons. The SMILES string of the molecule is Cc1cc2nc(SCC(=O)Nc3ccccc3F)n(C)c(=O)c2[nH]1.